The Balaban J connectivity index is 0.00000225. The predicted molar refractivity (Wildman–Crippen MR) is 69.6 cm³/mol. The molecule has 1 aliphatic rings. The summed E-state index contributed by atoms with van der Waals surface area (Å²) in [5, 5.41) is 3.01. The van der Waals surface area contributed by atoms with Crippen LogP contribution < -0.4 is 11.1 Å². The Kier molecular flexibility index (Phi) is 6.34. The van der Waals surface area contributed by atoms with Crippen LogP contribution >= 0.6 is 12.4 Å². The molecule has 1 atom stereocenters. The smallest absolute Gasteiger partial charge is 0.226 e. The summed E-state index contributed by atoms with van der Waals surface area (Å²) in [5.41, 5.74) is 5.44. The van der Waals surface area contributed by atoms with Crippen molar-refractivity contribution in [2.45, 2.75) is 52.5 Å². The van der Waals surface area contributed by atoms with Gasteiger partial charge in [0, 0.05) is 18.0 Å². The lowest BCUT2D eigenvalue weighted by atomic mass is 9.64. The number of hydrogen-bond acceptors (Lipinski definition) is 2. The molecule has 1 rings (SSSR count). The molecule has 0 bridgehead atoms. The van der Waals surface area contributed by atoms with Crippen molar-refractivity contribution in [2.75, 3.05) is 6.54 Å². The van der Waals surface area contributed by atoms with Gasteiger partial charge >= 0.3 is 0 Å². The summed E-state index contributed by atoms with van der Waals surface area (Å²) >= 11 is 0. The van der Waals surface area contributed by atoms with Crippen LogP contribution in [0.25, 0.3) is 0 Å². The Morgan fingerprint density at radius 3 is 2.25 bits per heavy atom. The summed E-state index contributed by atoms with van der Waals surface area (Å²) in [6, 6.07) is 0.0992. The van der Waals surface area contributed by atoms with Gasteiger partial charge in [0.05, 0.1) is 0 Å². The lowest BCUT2D eigenvalue weighted by Crippen LogP contribution is -2.50. The van der Waals surface area contributed by atoms with E-state index in [-0.39, 0.29) is 29.8 Å². The van der Waals surface area contributed by atoms with Gasteiger partial charge in [-0.15, -0.1) is 12.4 Å². The lowest BCUT2D eigenvalue weighted by Gasteiger charge is -2.42. The van der Waals surface area contributed by atoms with Crippen LogP contribution in [0.5, 0.6) is 0 Å². The zero-order chi connectivity index (χ0) is 11.5. The minimum absolute atomic E-state index is 0. The average Bonchev–Trinajstić information content (AvgIpc) is 2.10. The van der Waals surface area contributed by atoms with Crippen molar-refractivity contribution in [3.63, 3.8) is 0 Å². The third-order valence-electron chi connectivity index (χ3n) is 3.32. The minimum Gasteiger partial charge on any atom is -0.352 e. The van der Waals surface area contributed by atoms with Crippen LogP contribution in [0, 0.1) is 11.3 Å². The second-order valence-electron chi connectivity index (χ2n) is 5.34. The van der Waals surface area contributed by atoms with Crippen molar-refractivity contribution in [3.8, 4) is 0 Å². The Morgan fingerprint density at radius 1 is 1.38 bits per heavy atom. The van der Waals surface area contributed by atoms with E-state index in [1.54, 1.807) is 0 Å². The largest absolute Gasteiger partial charge is 0.352 e. The molecule has 1 saturated carbocycles. The molecule has 3 nitrogen and oxygen atoms in total. The Labute approximate surface area is 105 Å². The zero-order valence-electron chi connectivity index (χ0n) is 10.6. The fraction of sp³-hybridized carbons (Fsp3) is 0.917. The SMILES string of the molecule is CC(C)CC1(C(=O)N[C@@H](C)CN)CCC1.Cl. The second kappa shape index (κ2) is 6.45. The fourth-order valence-corrected chi connectivity index (χ4v) is 2.34. The molecule has 1 aliphatic carbocycles. The van der Waals surface area contributed by atoms with Gasteiger partial charge < -0.3 is 11.1 Å². The Morgan fingerprint density at radius 2 is 1.94 bits per heavy atom. The third-order valence-corrected chi connectivity index (χ3v) is 3.32. The molecule has 1 fully saturated rings. The van der Waals surface area contributed by atoms with Crippen LogP contribution in [-0.2, 0) is 4.79 Å². The number of nitrogens with two attached hydrogens (primary N) is 1. The van der Waals surface area contributed by atoms with E-state index in [9.17, 15) is 4.79 Å². The summed E-state index contributed by atoms with van der Waals surface area (Å²) in [6.07, 6.45) is 4.30. The maximum atomic E-state index is 12.1. The van der Waals surface area contributed by atoms with Gasteiger partial charge in [0.25, 0.3) is 0 Å². The molecule has 16 heavy (non-hydrogen) atoms. The van der Waals surface area contributed by atoms with Crippen LogP contribution in [-0.4, -0.2) is 18.5 Å². The van der Waals surface area contributed by atoms with Gasteiger partial charge in [-0.05, 0) is 32.1 Å². The highest BCUT2D eigenvalue weighted by Crippen LogP contribution is 2.46. The highest BCUT2D eigenvalue weighted by molar-refractivity contribution is 5.85. The molecule has 0 aromatic carbocycles. The molecule has 0 radical (unpaired) electrons. The predicted octanol–water partition coefficient (Wildman–Crippen LogP) is 2.09. The van der Waals surface area contributed by atoms with Crippen LogP contribution in [0.2, 0.25) is 0 Å². The molecule has 1 amide bonds. The van der Waals surface area contributed by atoms with Gasteiger partial charge in [-0.3, -0.25) is 4.79 Å². The van der Waals surface area contributed by atoms with E-state index in [1.807, 2.05) is 6.92 Å². The summed E-state index contributed by atoms with van der Waals surface area (Å²) < 4.78 is 0. The van der Waals surface area contributed by atoms with Crippen LogP contribution in [0.3, 0.4) is 0 Å². The molecule has 0 spiro atoms. The van der Waals surface area contributed by atoms with Gasteiger partial charge in [-0.25, -0.2) is 0 Å². The molecule has 0 aliphatic heterocycles. The summed E-state index contributed by atoms with van der Waals surface area (Å²) in [6.45, 7) is 6.84. The number of rotatable bonds is 5. The van der Waals surface area contributed by atoms with Crippen molar-refractivity contribution >= 4 is 18.3 Å². The summed E-state index contributed by atoms with van der Waals surface area (Å²) in [5.74, 6) is 0.810. The van der Waals surface area contributed by atoms with E-state index in [0.717, 1.165) is 19.3 Å². The van der Waals surface area contributed by atoms with Crippen molar-refractivity contribution in [3.05, 3.63) is 0 Å². The molecule has 0 saturated heterocycles. The van der Waals surface area contributed by atoms with Crippen molar-refractivity contribution in [2.24, 2.45) is 17.1 Å². The highest BCUT2D eigenvalue weighted by atomic mass is 35.5. The first-order chi connectivity index (χ1) is 7.00. The molecule has 0 heterocycles. The molecule has 0 unspecified atom stereocenters. The zero-order valence-corrected chi connectivity index (χ0v) is 11.4. The molecule has 96 valence electrons. The molecule has 3 N–H and O–H groups in total. The van der Waals surface area contributed by atoms with Crippen LogP contribution in [0.15, 0.2) is 0 Å². The van der Waals surface area contributed by atoms with Crippen LogP contribution in [0.4, 0.5) is 0 Å². The molecular formula is C12H25ClN2O. The minimum atomic E-state index is -0.0718. The maximum Gasteiger partial charge on any atom is 0.226 e. The Hall–Kier alpha value is -0.280. The number of nitrogens with one attached hydrogen (secondary N) is 1. The highest BCUT2D eigenvalue weighted by Gasteiger charge is 2.44. The lowest BCUT2D eigenvalue weighted by molar-refractivity contribution is -0.138. The van der Waals surface area contributed by atoms with E-state index < -0.39 is 0 Å². The van der Waals surface area contributed by atoms with Gasteiger partial charge in [0.1, 0.15) is 0 Å². The number of amides is 1. The third kappa shape index (κ3) is 3.63. The van der Waals surface area contributed by atoms with Gasteiger partial charge in [-0.1, -0.05) is 20.3 Å². The summed E-state index contributed by atoms with van der Waals surface area (Å²) in [7, 11) is 0. The average molecular weight is 249 g/mol. The standard InChI is InChI=1S/C12H24N2O.ClH/c1-9(2)7-12(5-4-6-12)11(15)14-10(3)8-13;/h9-10H,4-8,13H2,1-3H3,(H,14,15);1H/t10-;/m0./s1. The number of halogens is 1. The van der Waals surface area contributed by atoms with Gasteiger partial charge in [0.15, 0.2) is 0 Å². The Bertz CT molecular complexity index is 227. The first-order valence-electron chi connectivity index (χ1n) is 6.01. The molecular weight excluding hydrogens is 224 g/mol. The van der Waals surface area contributed by atoms with E-state index in [1.165, 1.54) is 6.42 Å². The van der Waals surface area contributed by atoms with E-state index in [2.05, 4.69) is 19.2 Å². The number of carbonyl (C=O) groups is 1. The molecule has 4 heteroatoms. The van der Waals surface area contributed by atoms with E-state index in [4.69, 9.17) is 5.73 Å². The molecule has 0 aromatic heterocycles. The quantitative estimate of drug-likeness (QED) is 0.783. The summed E-state index contributed by atoms with van der Waals surface area (Å²) in [4.78, 5) is 12.1. The second-order valence-corrected chi connectivity index (χ2v) is 5.34. The van der Waals surface area contributed by atoms with E-state index >= 15 is 0 Å². The van der Waals surface area contributed by atoms with E-state index in [0.29, 0.717) is 12.5 Å². The normalized spacial score (nSPS) is 19.6. The number of carbonyl (C=O) groups excluding carboxylic acids is 1. The first-order valence-corrected chi connectivity index (χ1v) is 6.01. The van der Waals surface area contributed by atoms with Gasteiger partial charge in [-0.2, -0.15) is 0 Å². The monoisotopic (exact) mass is 248 g/mol. The van der Waals surface area contributed by atoms with Crippen LogP contribution in [0.1, 0.15) is 46.5 Å². The fourth-order valence-electron chi connectivity index (χ4n) is 2.34. The van der Waals surface area contributed by atoms with Crippen molar-refractivity contribution in [1.29, 1.82) is 0 Å². The first kappa shape index (κ1) is 15.7. The van der Waals surface area contributed by atoms with Crippen molar-refractivity contribution in [1.82, 2.24) is 5.32 Å². The molecule has 0 aromatic rings. The topological polar surface area (TPSA) is 55.1 Å². The van der Waals surface area contributed by atoms with Gasteiger partial charge in [0.2, 0.25) is 5.91 Å². The van der Waals surface area contributed by atoms with Crippen molar-refractivity contribution < 1.29 is 4.79 Å². The number of hydrogen-bond donors (Lipinski definition) is 2. The maximum absolute atomic E-state index is 12.1.